The zero-order chi connectivity index (χ0) is 12.4. The van der Waals surface area contributed by atoms with Gasteiger partial charge in [-0.2, -0.15) is 0 Å². The number of nitrogens with one attached hydrogen (secondary N) is 1. The van der Waals surface area contributed by atoms with Crippen LogP contribution in [0.2, 0.25) is 0 Å². The highest BCUT2D eigenvalue weighted by Gasteiger charge is 2.16. The molecule has 1 atom stereocenters. The van der Waals surface area contributed by atoms with Crippen molar-refractivity contribution in [1.29, 1.82) is 0 Å². The minimum absolute atomic E-state index is 0.372. The Morgan fingerprint density at radius 3 is 2.89 bits per heavy atom. The number of hydrogen-bond donors (Lipinski definition) is 2. The second-order valence-corrected chi connectivity index (χ2v) is 5.63. The highest BCUT2D eigenvalue weighted by molar-refractivity contribution is 5.34. The van der Waals surface area contributed by atoms with Gasteiger partial charge < -0.3 is 11.1 Å². The molecule has 1 unspecified atom stereocenters. The lowest BCUT2D eigenvalue weighted by atomic mass is 9.87. The summed E-state index contributed by atoms with van der Waals surface area (Å²) in [6.07, 6.45) is 3.36. The molecule has 98 valence electrons. The number of fused-ring (bicyclic) bond motifs is 1. The molecular formula is C15H23N3. The van der Waals surface area contributed by atoms with Crippen molar-refractivity contribution in [3.8, 4) is 0 Å². The van der Waals surface area contributed by atoms with Crippen molar-refractivity contribution < 1.29 is 0 Å². The molecule has 0 saturated carbocycles. The summed E-state index contributed by atoms with van der Waals surface area (Å²) in [4.78, 5) is 2.53. The van der Waals surface area contributed by atoms with Gasteiger partial charge >= 0.3 is 0 Å². The highest BCUT2D eigenvalue weighted by Crippen LogP contribution is 2.22. The summed E-state index contributed by atoms with van der Waals surface area (Å²) in [6.45, 7) is 5.69. The zero-order valence-electron chi connectivity index (χ0n) is 11.0. The number of rotatable bonds is 2. The molecule has 3 nitrogen and oxygen atoms in total. The van der Waals surface area contributed by atoms with Crippen molar-refractivity contribution in [3.63, 3.8) is 0 Å². The Labute approximate surface area is 109 Å². The van der Waals surface area contributed by atoms with Crippen molar-refractivity contribution in [3.05, 3.63) is 34.9 Å². The van der Waals surface area contributed by atoms with E-state index in [1.807, 2.05) is 0 Å². The van der Waals surface area contributed by atoms with Gasteiger partial charge in [-0.15, -0.1) is 0 Å². The van der Waals surface area contributed by atoms with Crippen LogP contribution in [0.1, 0.15) is 23.1 Å². The molecule has 1 aromatic carbocycles. The Kier molecular flexibility index (Phi) is 3.64. The van der Waals surface area contributed by atoms with Gasteiger partial charge in [0.05, 0.1) is 0 Å². The smallest absolute Gasteiger partial charge is 0.0234 e. The minimum atomic E-state index is 0.372. The van der Waals surface area contributed by atoms with Gasteiger partial charge in [0.15, 0.2) is 0 Å². The van der Waals surface area contributed by atoms with E-state index in [4.69, 9.17) is 5.73 Å². The van der Waals surface area contributed by atoms with Crippen molar-refractivity contribution in [2.45, 2.75) is 31.8 Å². The molecule has 0 bridgehead atoms. The summed E-state index contributed by atoms with van der Waals surface area (Å²) in [6, 6.07) is 7.37. The summed E-state index contributed by atoms with van der Waals surface area (Å²) in [5.41, 5.74) is 10.5. The van der Waals surface area contributed by atoms with Crippen LogP contribution in [-0.4, -0.2) is 37.1 Å². The first-order valence-electron chi connectivity index (χ1n) is 7.10. The second kappa shape index (κ2) is 5.39. The summed E-state index contributed by atoms with van der Waals surface area (Å²) in [5.74, 6) is 0. The quantitative estimate of drug-likeness (QED) is 0.814. The first kappa shape index (κ1) is 12.2. The minimum Gasteiger partial charge on any atom is -0.327 e. The van der Waals surface area contributed by atoms with E-state index in [0.29, 0.717) is 6.04 Å². The van der Waals surface area contributed by atoms with Crippen LogP contribution in [-0.2, 0) is 19.4 Å². The maximum atomic E-state index is 6.02. The third-order valence-electron chi connectivity index (χ3n) is 4.15. The first-order valence-corrected chi connectivity index (χ1v) is 7.10. The molecule has 0 aromatic heterocycles. The summed E-state index contributed by atoms with van der Waals surface area (Å²) in [7, 11) is 0. The number of benzene rings is 1. The largest absolute Gasteiger partial charge is 0.327 e. The fourth-order valence-corrected chi connectivity index (χ4v) is 3.06. The molecule has 2 aliphatic rings. The van der Waals surface area contributed by atoms with Gasteiger partial charge in [-0.05, 0) is 36.0 Å². The Morgan fingerprint density at radius 2 is 2.06 bits per heavy atom. The maximum Gasteiger partial charge on any atom is 0.0234 e. The monoisotopic (exact) mass is 245 g/mol. The van der Waals surface area contributed by atoms with Crippen molar-refractivity contribution in [2.24, 2.45) is 5.73 Å². The average molecular weight is 245 g/mol. The summed E-state index contributed by atoms with van der Waals surface area (Å²) in [5, 5.41) is 3.40. The van der Waals surface area contributed by atoms with Crippen LogP contribution in [0.25, 0.3) is 0 Å². The van der Waals surface area contributed by atoms with Crippen LogP contribution in [0.15, 0.2) is 18.2 Å². The Morgan fingerprint density at radius 1 is 1.22 bits per heavy atom. The van der Waals surface area contributed by atoms with E-state index < -0.39 is 0 Å². The topological polar surface area (TPSA) is 41.3 Å². The molecule has 0 spiro atoms. The third-order valence-corrected chi connectivity index (χ3v) is 4.15. The molecule has 1 saturated heterocycles. The van der Waals surface area contributed by atoms with E-state index in [2.05, 4.69) is 28.4 Å². The fourth-order valence-electron chi connectivity index (χ4n) is 3.06. The Bertz CT molecular complexity index is 410. The van der Waals surface area contributed by atoms with Gasteiger partial charge in [-0.25, -0.2) is 0 Å². The normalized spacial score (nSPS) is 24.8. The molecule has 0 radical (unpaired) electrons. The lowest BCUT2D eigenvalue weighted by Crippen LogP contribution is -2.42. The van der Waals surface area contributed by atoms with E-state index in [9.17, 15) is 0 Å². The van der Waals surface area contributed by atoms with Gasteiger partial charge in [-0.1, -0.05) is 18.2 Å². The lowest BCUT2D eigenvalue weighted by Gasteiger charge is -2.28. The molecule has 3 heteroatoms. The Hall–Kier alpha value is -0.900. The van der Waals surface area contributed by atoms with Crippen LogP contribution >= 0.6 is 0 Å². The number of hydrogen-bond acceptors (Lipinski definition) is 3. The van der Waals surface area contributed by atoms with Crippen LogP contribution in [0.5, 0.6) is 0 Å². The predicted molar refractivity (Wildman–Crippen MR) is 74.6 cm³/mol. The van der Waals surface area contributed by atoms with Crippen LogP contribution in [0, 0.1) is 0 Å². The van der Waals surface area contributed by atoms with Gasteiger partial charge in [0.1, 0.15) is 0 Å². The first-order chi connectivity index (χ1) is 8.81. The number of aryl methyl sites for hydroxylation is 1. The van der Waals surface area contributed by atoms with E-state index in [0.717, 1.165) is 38.9 Å². The third kappa shape index (κ3) is 2.74. The number of nitrogens with zero attached hydrogens (tertiary/aromatic N) is 1. The summed E-state index contributed by atoms with van der Waals surface area (Å²) >= 11 is 0. The molecule has 1 aliphatic heterocycles. The van der Waals surface area contributed by atoms with Gasteiger partial charge in [0, 0.05) is 38.8 Å². The zero-order valence-corrected chi connectivity index (χ0v) is 11.0. The van der Waals surface area contributed by atoms with E-state index >= 15 is 0 Å². The SMILES string of the molecule is NC1CCc2cc(CN3CCNCC3)ccc2C1. The molecule has 18 heavy (non-hydrogen) atoms. The average Bonchev–Trinajstić information content (AvgIpc) is 2.40. The molecule has 1 fully saturated rings. The molecular weight excluding hydrogens is 222 g/mol. The number of piperazine rings is 1. The Balaban J connectivity index is 1.69. The molecule has 3 N–H and O–H groups in total. The van der Waals surface area contributed by atoms with Crippen molar-refractivity contribution in [2.75, 3.05) is 26.2 Å². The lowest BCUT2D eigenvalue weighted by molar-refractivity contribution is 0.233. The molecule has 1 heterocycles. The molecule has 0 amide bonds. The van der Waals surface area contributed by atoms with Crippen LogP contribution < -0.4 is 11.1 Å². The van der Waals surface area contributed by atoms with Gasteiger partial charge in [-0.3, -0.25) is 4.90 Å². The van der Waals surface area contributed by atoms with Crippen molar-refractivity contribution >= 4 is 0 Å². The van der Waals surface area contributed by atoms with Crippen LogP contribution in [0.3, 0.4) is 0 Å². The van der Waals surface area contributed by atoms with E-state index in [1.54, 1.807) is 0 Å². The predicted octanol–water partition coefficient (Wildman–Crippen LogP) is 0.908. The van der Waals surface area contributed by atoms with E-state index in [-0.39, 0.29) is 0 Å². The summed E-state index contributed by atoms with van der Waals surface area (Å²) < 4.78 is 0. The van der Waals surface area contributed by atoms with Crippen molar-refractivity contribution in [1.82, 2.24) is 10.2 Å². The van der Waals surface area contributed by atoms with Gasteiger partial charge in [0.2, 0.25) is 0 Å². The standard InChI is InChI=1S/C15H23N3/c16-15-4-3-13-9-12(1-2-14(13)10-15)11-18-7-5-17-6-8-18/h1-2,9,15,17H,3-8,10-11,16H2. The van der Waals surface area contributed by atoms with E-state index in [1.165, 1.54) is 29.8 Å². The maximum absolute atomic E-state index is 6.02. The molecule has 1 aromatic rings. The second-order valence-electron chi connectivity index (χ2n) is 5.63. The fraction of sp³-hybridized carbons (Fsp3) is 0.600. The molecule has 3 rings (SSSR count). The van der Waals surface area contributed by atoms with Gasteiger partial charge in [0.25, 0.3) is 0 Å². The highest BCUT2D eigenvalue weighted by atomic mass is 15.2. The molecule has 1 aliphatic carbocycles. The van der Waals surface area contributed by atoms with Crippen LogP contribution in [0.4, 0.5) is 0 Å². The number of nitrogens with two attached hydrogens (primary N) is 1.